The van der Waals surface area contributed by atoms with E-state index in [1.807, 2.05) is 54.2 Å². The quantitative estimate of drug-likeness (QED) is 0.277. The zero-order chi connectivity index (χ0) is 26.9. The summed E-state index contributed by atoms with van der Waals surface area (Å²) in [6, 6.07) is 12.0. The average molecular weight is 539 g/mol. The van der Waals surface area contributed by atoms with Gasteiger partial charge in [-0.25, -0.2) is 0 Å². The first-order chi connectivity index (χ1) is 18.9. The molecule has 2 fully saturated rings. The van der Waals surface area contributed by atoms with Gasteiger partial charge in [-0.15, -0.1) is 12.3 Å². The predicted octanol–water partition coefficient (Wildman–Crippen LogP) is 7.29. The van der Waals surface area contributed by atoms with E-state index in [4.69, 9.17) is 22.8 Å². The van der Waals surface area contributed by atoms with Crippen molar-refractivity contribution in [1.82, 2.24) is 19.5 Å². The number of aromatic nitrogens is 4. The van der Waals surface area contributed by atoms with Gasteiger partial charge in [0.05, 0.1) is 5.69 Å². The van der Waals surface area contributed by atoms with Crippen LogP contribution in [-0.2, 0) is 13.5 Å². The molecule has 0 bridgehead atoms. The molecule has 1 N–H and O–H groups in total. The van der Waals surface area contributed by atoms with E-state index in [0.717, 1.165) is 48.6 Å². The van der Waals surface area contributed by atoms with Gasteiger partial charge in [0.2, 0.25) is 5.28 Å². The van der Waals surface area contributed by atoms with Crippen LogP contribution >= 0.6 is 11.6 Å². The maximum absolute atomic E-state index is 11.1. The Morgan fingerprint density at radius 2 is 1.97 bits per heavy atom. The Labute approximate surface area is 233 Å². The number of ether oxygens (including phenoxy) is 1. The first-order valence-electron chi connectivity index (χ1n) is 13.8. The van der Waals surface area contributed by atoms with E-state index in [1.54, 1.807) is 0 Å². The molecule has 2 heterocycles. The van der Waals surface area contributed by atoms with Gasteiger partial charge in [0, 0.05) is 29.9 Å². The van der Waals surface area contributed by atoms with Gasteiger partial charge in [0.25, 0.3) is 0 Å². The van der Waals surface area contributed by atoms with Gasteiger partial charge in [-0.1, -0.05) is 31.2 Å². The Hall–Kier alpha value is -3.56. The molecule has 7 rings (SSSR count). The Morgan fingerprint density at radius 1 is 1.13 bits per heavy atom. The van der Waals surface area contributed by atoms with Crippen LogP contribution in [0.15, 0.2) is 42.6 Å². The summed E-state index contributed by atoms with van der Waals surface area (Å²) in [5, 5.41) is 13.2. The molecule has 0 spiro atoms. The molecule has 3 aliphatic carbocycles. The number of nitrogens with zero attached hydrogens (tertiary/aromatic N) is 4. The van der Waals surface area contributed by atoms with Gasteiger partial charge >= 0.3 is 6.01 Å². The summed E-state index contributed by atoms with van der Waals surface area (Å²) in [5.74, 6) is 6.07. The van der Waals surface area contributed by atoms with Crippen molar-refractivity contribution in [3.05, 3.63) is 59.0 Å². The lowest BCUT2D eigenvalue weighted by Gasteiger charge is -2.50. The molecular formula is C32H31ClN4O2. The van der Waals surface area contributed by atoms with Gasteiger partial charge in [-0.2, -0.15) is 15.0 Å². The number of fused-ring (bicyclic) bond motifs is 6. The second kappa shape index (κ2) is 8.99. The van der Waals surface area contributed by atoms with Crippen molar-refractivity contribution in [2.75, 3.05) is 0 Å². The summed E-state index contributed by atoms with van der Waals surface area (Å²) < 4.78 is 8.04. The molecule has 2 aromatic heterocycles. The minimum absolute atomic E-state index is 0.0349. The third-order valence-electron chi connectivity index (χ3n) is 9.91. The predicted molar refractivity (Wildman–Crippen MR) is 152 cm³/mol. The van der Waals surface area contributed by atoms with Crippen LogP contribution < -0.4 is 4.74 Å². The Morgan fingerprint density at radius 3 is 2.82 bits per heavy atom. The largest absolute Gasteiger partial charge is 0.504 e. The van der Waals surface area contributed by atoms with Crippen LogP contribution in [0.25, 0.3) is 22.3 Å². The molecular weight excluding hydrogens is 508 g/mol. The van der Waals surface area contributed by atoms with Crippen LogP contribution in [0.1, 0.15) is 56.1 Å². The second-order valence-corrected chi connectivity index (χ2v) is 12.1. The molecule has 2 saturated carbocycles. The van der Waals surface area contributed by atoms with Gasteiger partial charge in [0.1, 0.15) is 0 Å². The summed E-state index contributed by atoms with van der Waals surface area (Å²) in [6.45, 7) is 2.42. The summed E-state index contributed by atoms with van der Waals surface area (Å²) in [5.41, 5.74) is 3.56. The minimum atomic E-state index is 0.0349. The highest BCUT2D eigenvalue weighted by Gasteiger charge is 2.54. The average Bonchev–Trinajstić information content (AvgIpc) is 3.44. The maximum atomic E-state index is 11.1. The smallest absolute Gasteiger partial charge is 0.327 e. The number of terminal acetylenes is 1. The number of hydrogen-bond acceptors (Lipinski definition) is 5. The number of halogens is 1. The number of benzene rings is 2. The second-order valence-electron chi connectivity index (χ2n) is 11.8. The standard InChI is InChI=1S/C32H31ClN4O2/c1-4-20-10-12-25-23-11-9-18-15-27(26(38)16-24(18)22(23)13-14-32(20,25)2)39-31-35-29(34-30(33)36-31)28-21-8-6-5-7-19(21)17-37(28)3/h1,5-8,15-17,20,22-23,25,38H,9-14H2,2-3H3/t20-,22-,23+,25-,32-/m0/s1. The van der Waals surface area contributed by atoms with Crippen molar-refractivity contribution in [1.29, 1.82) is 0 Å². The number of rotatable bonds is 3. The lowest BCUT2D eigenvalue weighted by atomic mass is 9.54. The van der Waals surface area contributed by atoms with E-state index in [1.165, 1.54) is 17.5 Å². The summed E-state index contributed by atoms with van der Waals surface area (Å²) in [4.78, 5) is 13.2. The van der Waals surface area contributed by atoms with E-state index in [2.05, 4.69) is 27.8 Å². The molecule has 6 nitrogen and oxygen atoms in total. The molecule has 198 valence electrons. The molecule has 5 atom stereocenters. The SMILES string of the molecule is C#C[C@H]1CC[C@H]2[C@@H]3CCc4cc(Oc5nc(Cl)nc(-c6c7ccccc7cn6C)n5)c(O)cc4[C@H]3CC[C@@]12C. The number of phenols is 1. The Balaban J connectivity index is 1.20. The van der Waals surface area contributed by atoms with Crippen LogP contribution in [0.2, 0.25) is 5.28 Å². The van der Waals surface area contributed by atoms with Crippen molar-refractivity contribution < 1.29 is 9.84 Å². The van der Waals surface area contributed by atoms with Crippen molar-refractivity contribution >= 4 is 22.4 Å². The van der Waals surface area contributed by atoms with Crippen LogP contribution in [0.5, 0.6) is 17.5 Å². The topological polar surface area (TPSA) is 73.1 Å². The lowest BCUT2D eigenvalue weighted by molar-refractivity contribution is 0.0431. The van der Waals surface area contributed by atoms with Gasteiger partial charge < -0.3 is 14.4 Å². The number of aromatic hydroxyl groups is 1. The normalized spacial score (nSPS) is 27.4. The molecule has 0 unspecified atom stereocenters. The van der Waals surface area contributed by atoms with E-state index in [0.29, 0.717) is 35.2 Å². The zero-order valence-corrected chi connectivity index (χ0v) is 22.9. The van der Waals surface area contributed by atoms with Crippen molar-refractivity contribution in [3.63, 3.8) is 0 Å². The molecule has 0 saturated heterocycles. The fourth-order valence-corrected chi connectivity index (χ4v) is 8.24. The molecule has 0 radical (unpaired) electrons. The van der Waals surface area contributed by atoms with Gasteiger partial charge in [-0.3, -0.25) is 0 Å². The Kier molecular flexibility index (Phi) is 5.64. The molecule has 0 aliphatic heterocycles. The third kappa shape index (κ3) is 3.82. The van der Waals surface area contributed by atoms with Crippen LogP contribution in [0, 0.1) is 35.5 Å². The first kappa shape index (κ1) is 24.5. The monoisotopic (exact) mass is 538 g/mol. The molecule has 3 aliphatic rings. The third-order valence-corrected chi connectivity index (χ3v) is 10.1. The molecule has 4 aromatic rings. The van der Waals surface area contributed by atoms with E-state index >= 15 is 0 Å². The van der Waals surface area contributed by atoms with E-state index < -0.39 is 0 Å². The first-order valence-corrected chi connectivity index (χ1v) is 14.2. The van der Waals surface area contributed by atoms with Crippen LogP contribution in [0.3, 0.4) is 0 Å². The summed E-state index contributed by atoms with van der Waals surface area (Å²) in [7, 11) is 1.95. The van der Waals surface area contributed by atoms with Crippen LogP contribution in [-0.4, -0.2) is 24.6 Å². The molecule has 0 amide bonds. The number of hydrogen-bond donors (Lipinski definition) is 1. The maximum Gasteiger partial charge on any atom is 0.327 e. The molecule has 7 heteroatoms. The lowest BCUT2D eigenvalue weighted by Crippen LogP contribution is -2.42. The highest BCUT2D eigenvalue weighted by atomic mass is 35.5. The van der Waals surface area contributed by atoms with E-state index in [9.17, 15) is 5.11 Å². The fraction of sp³-hybridized carbons (Fsp3) is 0.406. The number of aryl methyl sites for hydroxylation is 2. The van der Waals surface area contributed by atoms with Crippen molar-refractivity contribution in [2.24, 2.45) is 30.2 Å². The van der Waals surface area contributed by atoms with Gasteiger partial charge in [0.15, 0.2) is 17.3 Å². The Bertz CT molecular complexity index is 1660. The van der Waals surface area contributed by atoms with Gasteiger partial charge in [-0.05, 0) is 96.6 Å². The van der Waals surface area contributed by atoms with Crippen LogP contribution in [0.4, 0.5) is 0 Å². The fourth-order valence-electron chi connectivity index (χ4n) is 8.09. The summed E-state index contributed by atoms with van der Waals surface area (Å²) in [6.07, 6.45) is 14.7. The van der Waals surface area contributed by atoms with Crippen molar-refractivity contribution in [2.45, 2.75) is 51.4 Å². The van der Waals surface area contributed by atoms with Crippen molar-refractivity contribution in [3.8, 4) is 41.4 Å². The summed E-state index contributed by atoms with van der Waals surface area (Å²) >= 11 is 6.32. The highest BCUT2D eigenvalue weighted by molar-refractivity contribution is 6.28. The highest BCUT2D eigenvalue weighted by Crippen LogP contribution is 2.63. The minimum Gasteiger partial charge on any atom is -0.504 e. The molecule has 39 heavy (non-hydrogen) atoms. The van der Waals surface area contributed by atoms with E-state index in [-0.39, 0.29) is 22.5 Å². The number of phenolic OH excluding ortho intramolecular Hbond substituents is 1. The zero-order valence-electron chi connectivity index (χ0n) is 22.2. The molecule has 2 aromatic carbocycles.